The summed E-state index contributed by atoms with van der Waals surface area (Å²) in [6, 6.07) is 5.20. The standard InChI is InChI=1S/C14H8F3N3O/c15-9-4-3-8(11(16)12(9)17)13-10(14(18)21-20-13)7-2-1-5-19-6-7/h1-6H,18H2. The topological polar surface area (TPSA) is 64.9 Å². The molecule has 0 unspecified atom stereocenters. The minimum atomic E-state index is -1.58. The van der Waals surface area contributed by atoms with Crippen LogP contribution >= 0.6 is 0 Å². The molecule has 7 heteroatoms. The Bertz CT molecular complexity index is 803. The summed E-state index contributed by atoms with van der Waals surface area (Å²) in [5.74, 6) is -4.28. The number of nitrogens with two attached hydrogens (primary N) is 1. The lowest BCUT2D eigenvalue weighted by molar-refractivity contribution is 0.434. The summed E-state index contributed by atoms with van der Waals surface area (Å²) in [5, 5.41) is 3.64. The summed E-state index contributed by atoms with van der Waals surface area (Å²) in [6.07, 6.45) is 3.02. The van der Waals surface area contributed by atoms with E-state index in [9.17, 15) is 13.2 Å². The van der Waals surface area contributed by atoms with Gasteiger partial charge in [-0.15, -0.1) is 0 Å². The molecule has 21 heavy (non-hydrogen) atoms. The van der Waals surface area contributed by atoms with Crippen LogP contribution in [0.3, 0.4) is 0 Å². The van der Waals surface area contributed by atoms with E-state index in [0.29, 0.717) is 5.56 Å². The Hall–Kier alpha value is -2.83. The normalized spacial score (nSPS) is 10.8. The number of pyridine rings is 1. The number of aromatic nitrogens is 2. The fourth-order valence-electron chi connectivity index (χ4n) is 1.99. The van der Waals surface area contributed by atoms with E-state index in [1.165, 1.54) is 6.20 Å². The second kappa shape index (κ2) is 4.93. The number of halogens is 3. The molecule has 0 atom stereocenters. The molecule has 3 aromatic rings. The Morgan fingerprint density at radius 3 is 2.57 bits per heavy atom. The maximum absolute atomic E-state index is 13.9. The third kappa shape index (κ3) is 2.12. The van der Waals surface area contributed by atoms with Gasteiger partial charge < -0.3 is 10.3 Å². The number of hydrogen-bond acceptors (Lipinski definition) is 4. The van der Waals surface area contributed by atoms with E-state index >= 15 is 0 Å². The average Bonchev–Trinajstić information content (AvgIpc) is 2.87. The van der Waals surface area contributed by atoms with E-state index in [4.69, 9.17) is 10.3 Å². The predicted octanol–water partition coefficient (Wildman–Crippen LogP) is 3.40. The molecular weight excluding hydrogens is 283 g/mol. The van der Waals surface area contributed by atoms with Gasteiger partial charge in [-0.2, -0.15) is 0 Å². The minimum absolute atomic E-state index is 0.0168. The van der Waals surface area contributed by atoms with Crippen LogP contribution in [0.25, 0.3) is 22.4 Å². The number of benzene rings is 1. The van der Waals surface area contributed by atoms with Gasteiger partial charge in [-0.3, -0.25) is 4.98 Å². The Morgan fingerprint density at radius 1 is 1.05 bits per heavy atom. The lowest BCUT2D eigenvalue weighted by Crippen LogP contribution is -1.95. The molecule has 0 aliphatic heterocycles. The molecule has 0 amide bonds. The van der Waals surface area contributed by atoms with Crippen molar-refractivity contribution in [1.29, 1.82) is 0 Å². The Labute approximate surface area is 117 Å². The van der Waals surface area contributed by atoms with Crippen molar-refractivity contribution in [2.24, 2.45) is 0 Å². The third-order valence-corrected chi connectivity index (χ3v) is 2.96. The van der Waals surface area contributed by atoms with Crippen molar-refractivity contribution in [2.75, 3.05) is 5.73 Å². The first-order chi connectivity index (χ1) is 10.1. The smallest absolute Gasteiger partial charge is 0.230 e. The van der Waals surface area contributed by atoms with Crippen molar-refractivity contribution in [3.63, 3.8) is 0 Å². The van der Waals surface area contributed by atoms with Crippen LogP contribution in [0.4, 0.5) is 19.1 Å². The van der Waals surface area contributed by atoms with Gasteiger partial charge in [0.15, 0.2) is 17.5 Å². The molecule has 2 aromatic heterocycles. The molecule has 4 nitrogen and oxygen atoms in total. The van der Waals surface area contributed by atoms with Crippen molar-refractivity contribution >= 4 is 5.88 Å². The van der Waals surface area contributed by atoms with Gasteiger partial charge in [0, 0.05) is 23.5 Å². The van der Waals surface area contributed by atoms with Crippen LogP contribution in [-0.2, 0) is 0 Å². The summed E-state index contributed by atoms with van der Waals surface area (Å²) in [7, 11) is 0. The van der Waals surface area contributed by atoms with Crippen molar-refractivity contribution in [3.05, 3.63) is 54.1 Å². The van der Waals surface area contributed by atoms with Gasteiger partial charge in [-0.25, -0.2) is 13.2 Å². The molecule has 2 heterocycles. The van der Waals surface area contributed by atoms with E-state index in [1.54, 1.807) is 18.3 Å². The second-order valence-corrected chi connectivity index (χ2v) is 4.24. The van der Waals surface area contributed by atoms with Crippen molar-refractivity contribution in [3.8, 4) is 22.4 Å². The molecule has 0 spiro atoms. The van der Waals surface area contributed by atoms with Gasteiger partial charge in [-0.05, 0) is 18.2 Å². The van der Waals surface area contributed by atoms with Crippen LogP contribution in [0.15, 0.2) is 41.2 Å². The van der Waals surface area contributed by atoms with Crippen LogP contribution in [0, 0.1) is 17.5 Å². The summed E-state index contributed by atoms with van der Waals surface area (Å²) >= 11 is 0. The van der Waals surface area contributed by atoms with Crippen LogP contribution < -0.4 is 5.73 Å². The quantitative estimate of drug-likeness (QED) is 0.735. The van der Waals surface area contributed by atoms with Gasteiger partial charge in [0.05, 0.1) is 5.56 Å². The van der Waals surface area contributed by atoms with Gasteiger partial charge in [-0.1, -0.05) is 11.2 Å². The first kappa shape index (κ1) is 13.2. The molecule has 0 radical (unpaired) electrons. The zero-order valence-corrected chi connectivity index (χ0v) is 10.5. The number of nitrogens with zero attached hydrogens (tertiary/aromatic N) is 2. The van der Waals surface area contributed by atoms with Crippen LogP contribution in [0.1, 0.15) is 0 Å². The number of anilines is 1. The minimum Gasteiger partial charge on any atom is -0.367 e. The Kier molecular flexibility index (Phi) is 3.09. The van der Waals surface area contributed by atoms with Crippen molar-refractivity contribution < 1.29 is 17.7 Å². The lowest BCUT2D eigenvalue weighted by atomic mass is 10.0. The molecule has 0 saturated carbocycles. The maximum atomic E-state index is 13.9. The summed E-state index contributed by atoms with van der Waals surface area (Å²) in [6.45, 7) is 0. The number of nitrogen functional groups attached to an aromatic ring is 1. The fraction of sp³-hybridized carbons (Fsp3) is 0. The third-order valence-electron chi connectivity index (χ3n) is 2.96. The molecule has 0 aliphatic carbocycles. The largest absolute Gasteiger partial charge is 0.367 e. The molecule has 0 bridgehead atoms. The molecule has 106 valence electrons. The highest BCUT2D eigenvalue weighted by molar-refractivity contribution is 5.86. The van der Waals surface area contributed by atoms with E-state index < -0.39 is 17.5 Å². The van der Waals surface area contributed by atoms with E-state index in [1.807, 2.05) is 0 Å². The SMILES string of the molecule is Nc1onc(-c2ccc(F)c(F)c2F)c1-c1cccnc1. The van der Waals surface area contributed by atoms with E-state index in [0.717, 1.165) is 12.1 Å². The molecule has 0 saturated heterocycles. The van der Waals surface area contributed by atoms with Crippen molar-refractivity contribution in [2.45, 2.75) is 0 Å². The zero-order valence-electron chi connectivity index (χ0n) is 10.5. The van der Waals surface area contributed by atoms with Gasteiger partial charge in [0.25, 0.3) is 0 Å². The Morgan fingerprint density at radius 2 is 1.86 bits per heavy atom. The molecule has 1 aromatic carbocycles. The maximum Gasteiger partial charge on any atom is 0.230 e. The highest BCUT2D eigenvalue weighted by atomic mass is 19.2. The predicted molar refractivity (Wildman–Crippen MR) is 69.5 cm³/mol. The zero-order chi connectivity index (χ0) is 15.0. The highest BCUT2D eigenvalue weighted by Gasteiger charge is 2.23. The van der Waals surface area contributed by atoms with Gasteiger partial charge in [0.1, 0.15) is 5.69 Å². The van der Waals surface area contributed by atoms with Crippen molar-refractivity contribution in [1.82, 2.24) is 10.1 Å². The summed E-state index contributed by atoms with van der Waals surface area (Å²) in [5.41, 5.74) is 6.22. The van der Waals surface area contributed by atoms with E-state index in [2.05, 4.69) is 10.1 Å². The summed E-state index contributed by atoms with van der Waals surface area (Å²) < 4.78 is 45.1. The van der Waals surface area contributed by atoms with Crippen LogP contribution in [0.5, 0.6) is 0 Å². The van der Waals surface area contributed by atoms with Crippen LogP contribution in [0.2, 0.25) is 0 Å². The molecular formula is C14H8F3N3O. The first-order valence-electron chi connectivity index (χ1n) is 5.89. The monoisotopic (exact) mass is 291 g/mol. The molecule has 0 aliphatic rings. The lowest BCUT2D eigenvalue weighted by Gasteiger charge is -2.04. The second-order valence-electron chi connectivity index (χ2n) is 4.24. The molecule has 3 rings (SSSR count). The van der Waals surface area contributed by atoms with Gasteiger partial charge >= 0.3 is 0 Å². The number of rotatable bonds is 2. The van der Waals surface area contributed by atoms with Gasteiger partial charge in [0.2, 0.25) is 5.88 Å². The molecule has 2 N–H and O–H groups in total. The highest BCUT2D eigenvalue weighted by Crippen LogP contribution is 2.37. The van der Waals surface area contributed by atoms with Crippen LogP contribution in [-0.4, -0.2) is 10.1 Å². The summed E-state index contributed by atoms with van der Waals surface area (Å²) in [4.78, 5) is 3.92. The molecule has 0 fully saturated rings. The average molecular weight is 291 g/mol. The first-order valence-corrected chi connectivity index (χ1v) is 5.89. The number of hydrogen-bond donors (Lipinski definition) is 1. The Balaban J connectivity index is 2.24. The fourth-order valence-corrected chi connectivity index (χ4v) is 1.99. The van der Waals surface area contributed by atoms with E-state index in [-0.39, 0.29) is 22.7 Å².